The summed E-state index contributed by atoms with van der Waals surface area (Å²) in [6.07, 6.45) is 1.16. The molecule has 1 fully saturated rings. The van der Waals surface area contributed by atoms with E-state index in [0.717, 1.165) is 62.2 Å². The van der Waals surface area contributed by atoms with Crippen molar-refractivity contribution in [1.29, 1.82) is 0 Å². The smallest absolute Gasteiger partial charge is 0.191 e. The van der Waals surface area contributed by atoms with E-state index < -0.39 is 0 Å². The molecule has 30 heavy (non-hydrogen) atoms. The second kappa shape index (κ2) is 12.0. The molecule has 0 bridgehead atoms. The van der Waals surface area contributed by atoms with Gasteiger partial charge >= 0.3 is 0 Å². The van der Waals surface area contributed by atoms with Gasteiger partial charge in [0.2, 0.25) is 0 Å². The van der Waals surface area contributed by atoms with E-state index >= 15 is 0 Å². The Labute approximate surface area is 198 Å². The second-order valence-corrected chi connectivity index (χ2v) is 8.11. The maximum atomic E-state index is 5.94. The molecule has 0 aliphatic carbocycles. The quantitative estimate of drug-likeness (QED) is 0.320. The van der Waals surface area contributed by atoms with Crippen LogP contribution in [0, 0.1) is 0 Å². The van der Waals surface area contributed by atoms with Crippen LogP contribution in [0.2, 0.25) is 0 Å². The summed E-state index contributed by atoms with van der Waals surface area (Å²) in [5, 5.41) is 6.88. The Bertz CT molecular complexity index is 715. The Morgan fingerprint density at radius 1 is 1.23 bits per heavy atom. The number of likely N-dealkylation sites (N-methyl/N-ethyl adjacent to an activating group) is 2. The molecule has 1 aromatic carbocycles. The van der Waals surface area contributed by atoms with E-state index in [0.29, 0.717) is 19.2 Å². The van der Waals surface area contributed by atoms with Crippen LogP contribution in [0.25, 0.3) is 0 Å². The van der Waals surface area contributed by atoms with Gasteiger partial charge in [0.25, 0.3) is 0 Å². The zero-order valence-corrected chi connectivity index (χ0v) is 21.4. The molecule has 0 aromatic heterocycles. The lowest BCUT2D eigenvalue weighted by molar-refractivity contribution is 0.116. The normalized spacial score (nSPS) is 22.1. The van der Waals surface area contributed by atoms with E-state index in [-0.39, 0.29) is 30.1 Å². The number of hydrogen-bond donors (Lipinski definition) is 2. The summed E-state index contributed by atoms with van der Waals surface area (Å²) in [5.74, 6) is 2.72. The Morgan fingerprint density at radius 3 is 2.77 bits per heavy atom. The van der Waals surface area contributed by atoms with Gasteiger partial charge < -0.3 is 25.0 Å². The van der Waals surface area contributed by atoms with Crippen LogP contribution in [0.5, 0.6) is 11.5 Å². The molecule has 0 amide bonds. The first-order valence-electron chi connectivity index (χ1n) is 10.9. The molecule has 2 aliphatic rings. The summed E-state index contributed by atoms with van der Waals surface area (Å²) >= 11 is 0. The van der Waals surface area contributed by atoms with Gasteiger partial charge in [-0.2, -0.15) is 0 Å². The average Bonchev–Trinajstić information content (AvgIpc) is 3.05. The third-order valence-electron chi connectivity index (χ3n) is 5.62. The van der Waals surface area contributed by atoms with Crippen LogP contribution < -0.4 is 20.1 Å². The fourth-order valence-electron chi connectivity index (χ4n) is 3.94. The van der Waals surface area contributed by atoms with Gasteiger partial charge in [-0.25, -0.2) is 4.99 Å². The van der Waals surface area contributed by atoms with Crippen LogP contribution in [-0.2, 0) is 13.0 Å². The Balaban J connectivity index is 0.00000320. The monoisotopic (exact) mass is 531 g/mol. The Kier molecular flexibility index (Phi) is 9.96. The van der Waals surface area contributed by atoms with E-state index in [1.165, 1.54) is 5.56 Å². The van der Waals surface area contributed by atoms with Crippen LogP contribution in [0.15, 0.2) is 17.1 Å². The van der Waals surface area contributed by atoms with Crippen molar-refractivity contribution in [3.05, 3.63) is 23.3 Å². The zero-order chi connectivity index (χ0) is 20.8. The van der Waals surface area contributed by atoms with Crippen LogP contribution in [0.4, 0.5) is 0 Å². The molecule has 7 nitrogen and oxygen atoms in total. The molecular formula is C22H38IN5O2. The van der Waals surface area contributed by atoms with Gasteiger partial charge in [0.15, 0.2) is 5.96 Å². The van der Waals surface area contributed by atoms with Crippen molar-refractivity contribution < 1.29 is 9.47 Å². The third kappa shape index (κ3) is 6.62. The van der Waals surface area contributed by atoms with Gasteiger partial charge in [-0.05, 0) is 47.0 Å². The molecule has 2 atom stereocenters. The first-order chi connectivity index (χ1) is 14.0. The van der Waals surface area contributed by atoms with Crippen molar-refractivity contribution >= 4 is 29.9 Å². The highest BCUT2D eigenvalue weighted by Crippen LogP contribution is 2.35. The minimum atomic E-state index is 0. The summed E-state index contributed by atoms with van der Waals surface area (Å²) < 4.78 is 11.8. The number of fused-ring (bicyclic) bond motifs is 1. The molecule has 0 spiro atoms. The molecule has 170 valence electrons. The lowest BCUT2D eigenvalue weighted by Crippen LogP contribution is -2.55. The molecule has 2 N–H and O–H groups in total. The number of rotatable bonds is 7. The lowest BCUT2D eigenvalue weighted by atomic mass is 10.1. The standard InChI is InChI=1S/C22H37N5O2.HI/c1-6-23-22(25-14-19-15-26(4)8-9-27(19)5)24-13-18-12-21-17(10-16(3)29-21)11-20(18)28-7-2;/h11-12,16,19H,6-10,13-15H2,1-5H3,(H2,23,24,25);1H. The lowest BCUT2D eigenvalue weighted by Gasteiger charge is -2.37. The molecule has 1 saturated heterocycles. The Hall–Kier alpha value is -1.26. The first-order valence-corrected chi connectivity index (χ1v) is 10.9. The second-order valence-electron chi connectivity index (χ2n) is 8.11. The molecule has 3 rings (SSSR count). The van der Waals surface area contributed by atoms with Crippen molar-refractivity contribution in [3.63, 3.8) is 0 Å². The van der Waals surface area contributed by atoms with Gasteiger partial charge in [-0.15, -0.1) is 24.0 Å². The number of piperazine rings is 1. The van der Waals surface area contributed by atoms with Crippen molar-refractivity contribution in [1.82, 2.24) is 20.4 Å². The molecule has 2 heterocycles. The predicted octanol–water partition coefficient (Wildman–Crippen LogP) is 2.33. The number of halogens is 1. The van der Waals surface area contributed by atoms with Gasteiger partial charge in [-0.1, -0.05) is 0 Å². The largest absolute Gasteiger partial charge is 0.494 e. The number of aliphatic imine (C=N–C) groups is 1. The van der Waals surface area contributed by atoms with Crippen molar-refractivity contribution in [2.75, 3.05) is 53.4 Å². The molecule has 1 aromatic rings. The van der Waals surface area contributed by atoms with E-state index in [4.69, 9.17) is 14.5 Å². The molecule has 0 radical (unpaired) electrons. The van der Waals surface area contributed by atoms with E-state index in [9.17, 15) is 0 Å². The van der Waals surface area contributed by atoms with Gasteiger partial charge in [0.05, 0.1) is 13.2 Å². The fourth-order valence-corrected chi connectivity index (χ4v) is 3.94. The maximum absolute atomic E-state index is 5.94. The summed E-state index contributed by atoms with van der Waals surface area (Å²) in [4.78, 5) is 9.63. The number of ether oxygens (including phenoxy) is 2. The number of benzene rings is 1. The predicted molar refractivity (Wildman–Crippen MR) is 134 cm³/mol. The first kappa shape index (κ1) is 25.0. The van der Waals surface area contributed by atoms with Crippen molar-refractivity contribution in [2.45, 2.75) is 45.9 Å². The minimum absolute atomic E-state index is 0. The van der Waals surface area contributed by atoms with Gasteiger partial charge in [-0.3, -0.25) is 4.90 Å². The van der Waals surface area contributed by atoms with Gasteiger partial charge in [0, 0.05) is 56.3 Å². The van der Waals surface area contributed by atoms with E-state index in [1.807, 2.05) is 6.92 Å². The van der Waals surface area contributed by atoms with Crippen LogP contribution in [-0.4, -0.2) is 81.3 Å². The van der Waals surface area contributed by atoms with Crippen LogP contribution in [0.3, 0.4) is 0 Å². The SMILES string of the molecule is CCNC(=NCc1cc2c(cc1OCC)CC(C)O2)NCC1CN(C)CCN1C.I. The molecule has 0 saturated carbocycles. The highest BCUT2D eigenvalue weighted by atomic mass is 127. The number of guanidine groups is 1. The highest BCUT2D eigenvalue weighted by molar-refractivity contribution is 14.0. The molecule has 8 heteroatoms. The summed E-state index contributed by atoms with van der Waals surface area (Å²) in [5.41, 5.74) is 2.29. The molecular weight excluding hydrogens is 493 g/mol. The summed E-state index contributed by atoms with van der Waals surface area (Å²) in [6, 6.07) is 4.70. The number of nitrogens with zero attached hydrogens (tertiary/aromatic N) is 3. The molecule has 2 aliphatic heterocycles. The van der Waals surface area contributed by atoms with E-state index in [2.05, 4.69) is 60.5 Å². The topological polar surface area (TPSA) is 61.4 Å². The number of hydrogen-bond acceptors (Lipinski definition) is 5. The Morgan fingerprint density at radius 2 is 2.03 bits per heavy atom. The van der Waals surface area contributed by atoms with Crippen LogP contribution in [0.1, 0.15) is 31.9 Å². The van der Waals surface area contributed by atoms with Gasteiger partial charge in [0.1, 0.15) is 17.6 Å². The zero-order valence-electron chi connectivity index (χ0n) is 19.0. The number of nitrogens with one attached hydrogen (secondary N) is 2. The van der Waals surface area contributed by atoms with Crippen molar-refractivity contribution in [2.24, 2.45) is 4.99 Å². The van der Waals surface area contributed by atoms with Crippen molar-refractivity contribution in [3.8, 4) is 11.5 Å². The fraction of sp³-hybridized carbons (Fsp3) is 0.682. The van der Waals surface area contributed by atoms with Crippen LogP contribution >= 0.6 is 24.0 Å². The maximum Gasteiger partial charge on any atom is 0.191 e. The summed E-state index contributed by atoms with van der Waals surface area (Å²) in [6.45, 7) is 12.4. The molecule has 2 unspecified atom stereocenters. The third-order valence-corrected chi connectivity index (χ3v) is 5.62. The van der Waals surface area contributed by atoms with E-state index in [1.54, 1.807) is 0 Å². The highest BCUT2D eigenvalue weighted by Gasteiger charge is 2.23. The summed E-state index contributed by atoms with van der Waals surface area (Å²) in [7, 11) is 4.38. The minimum Gasteiger partial charge on any atom is -0.494 e. The average molecular weight is 531 g/mol.